The number of allylic oxidation sites excluding steroid dienone is 1. The predicted octanol–water partition coefficient (Wildman–Crippen LogP) is 5.49. The first kappa shape index (κ1) is 31.6. The van der Waals surface area contributed by atoms with Crippen molar-refractivity contribution in [3.05, 3.63) is 93.1 Å². The number of hydrogen-bond acceptors (Lipinski definition) is 9. The first-order valence-electron chi connectivity index (χ1n) is 14.8. The number of methoxy groups -OCH3 is 1. The number of ether oxygens (including phenoxy) is 2. The van der Waals surface area contributed by atoms with Crippen LogP contribution in [0, 0.1) is 16.0 Å². The number of non-ortho nitro benzene ring substituents is 1. The Balaban J connectivity index is 1.74. The Hall–Kier alpha value is -3.77. The first-order valence-corrected chi connectivity index (χ1v) is 16.4. The molecule has 1 fully saturated rings. The van der Waals surface area contributed by atoms with E-state index in [1.54, 1.807) is 32.2 Å². The Morgan fingerprint density at radius 3 is 2.59 bits per heavy atom. The van der Waals surface area contributed by atoms with Crippen molar-refractivity contribution in [1.82, 2.24) is 4.57 Å². The van der Waals surface area contributed by atoms with Crippen LogP contribution in [0.15, 0.2) is 61.9 Å². The summed E-state index contributed by atoms with van der Waals surface area (Å²) in [5, 5.41) is 11.7. The number of fused-ring (bicyclic) bond motifs is 1. The fourth-order valence-electron chi connectivity index (χ4n) is 5.74. The lowest BCUT2D eigenvalue weighted by atomic mass is 9.94. The fraction of sp³-hybridized carbons (Fsp3) is 0.406. The van der Waals surface area contributed by atoms with Crippen molar-refractivity contribution in [3.63, 3.8) is 0 Å². The van der Waals surface area contributed by atoms with Crippen molar-refractivity contribution >= 4 is 50.7 Å². The number of hydrogen-bond donors (Lipinski definition) is 0. The number of aromatic nitrogens is 1. The van der Waals surface area contributed by atoms with Crippen LogP contribution >= 0.6 is 27.3 Å². The van der Waals surface area contributed by atoms with E-state index < -0.39 is 16.9 Å². The van der Waals surface area contributed by atoms with Crippen LogP contribution in [0.3, 0.4) is 0 Å². The molecule has 0 saturated carbocycles. The third kappa shape index (κ3) is 6.23. The number of esters is 1. The van der Waals surface area contributed by atoms with Gasteiger partial charge in [-0.05, 0) is 77.9 Å². The monoisotopic (exact) mass is 682 g/mol. The molecule has 1 atom stereocenters. The van der Waals surface area contributed by atoms with Gasteiger partial charge in [-0.25, -0.2) is 9.79 Å². The molecule has 12 heteroatoms. The highest BCUT2D eigenvalue weighted by Gasteiger charge is 2.34. The molecule has 1 aromatic heterocycles. The van der Waals surface area contributed by atoms with Crippen molar-refractivity contribution in [1.29, 1.82) is 0 Å². The van der Waals surface area contributed by atoms with Gasteiger partial charge in [0.2, 0.25) is 0 Å². The number of nitro groups is 1. The number of anilines is 1. The quantitative estimate of drug-likeness (QED) is 0.166. The molecule has 10 nitrogen and oxygen atoms in total. The van der Waals surface area contributed by atoms with Gasteiger partial charge in [-0.15, -0.1) is 0 Å². The number of rotatable bonds is 9. The highest BCUT2D eigenvalue weighted by Crippen LogP contribution is 2.36. The lowest BCUT2D eigenvalue weighted by Crippen LogP contribution is -2.40. The number of nitrogens with zero attached hydrogens (tertiary/aromatic N) is 4. The minimum absolute atomic E-state index is 0.0473. The second kappa shape index (κ2) is 13.5. The smallest absolute Gasteiger partial charge is 0.338 e. The Morgan fingerprint density at radius 2 is 1.95 bits per heavy atom. The van der Waals surface area contributed by atoms with E-state index in [9.17, 15) is 19.7 Å². The van der Waals surface area contributed by atoms with Crippen molar-refractivity contribution in [3.8, 4) is 5.75 Å². The van der Waals surface area contributed by atoms with Gasteiger partial charge < -0.3 is 14.4 Å². The van der Waals surface area contributed by atoms with Gasteiger partial charge >= 0.3 is 5.97 Å². The van der Waals surface area contributed by atoms with Crippen molar-refractivity contribution in [2.24, 2.45) is 10.9 Å². The molecule has 1 saturated heterocycles. The van der Waals surface area contributed by atoms with Crippen LogP contribution in [-0.2, 0) is 9.53 Å². The van der Waals surface area contributed by atoms with Crippen LogP contribution < -0.4 is 24.5 Å². The third-order valence-electron chi connectivity index (χ3n) is 8.02. The zero-order valence-corrected chi connectivity index (χ0v) is 27.6. The summed E-state index contributed by atoms with van der Waals surface area (Å²) in [5.41, 5.74) is 2.65. The minimum Gasteiger partial charge on any atom is -0.496 e. The van der Waals surface area contributed by atoms with E-state index >= 15 is 0 Å². The van der Waals surface area contributed by atoms with Crippen LogP contribution in [0.2, 0.25) is 0 Å². The number of carbonyl (C=O) groups is 1. The first-order chi connectivity index (χ1) is 21.2. The van der Waals surface area contributed by atoms with E-state index in [1.807, 2.05) is 19.1 Å². The van der Waals surface area contributed by atoms with Crippen LogP contribution in [0.4, 0.5) is 11.4 Å². The van der Waals surface area contributed by atoms with Gasteiger partial charge in [-0.1, -0.05) is 37.7 Å². The molecule has 2 aromatic carbocycles. The number of nitro benzene ring substituents is 1. The SMILES string of the molecule is CCCC1=C(C(=O)OCC)[C@@H](c2ccc(OC)c(Br)c2)n2c(s/c(=C/c3cc([N+](=O)[O-])ccc3N3CCC(C)CC3)c2=O)=N1. The van der Waals surface area contributed by atoms with Gasteiger partial charge in [-0.3, -0.25) is 19.5 Å². The van der Waals surface area contributed by atoms with E-state index in [-0.39, 0.29) is 17.9 Å². The molecule has 2 aliphatic rings. The van der Waals surface area contributed by atoms with Gasteiger partial charge in [-0.2, -0.15) is 0 Å². The zero-order valence-electron chi connectivity index (χ0n) is 25.2. The summed E-state index contributed by atoms with van der Waals surface area (Å²) < 4.78 is 13.5. The van der Waals surface area contributed by atoms with Crippen LogP contribution in [-0.4, -0.2) is 42.3 Å². The van der Waals surface area contributed by atoms with Gasteiger partial charge in [0, 0.05) is 36.5 Å². The summed E-state index contributed by atoms with van der Waals surface area (Å²) in [4.78, 5) is 46.5. The third-order valence-corrected chi connectivity index (χ3v) is 9.62. The average molecular weight is 684 g/mol. The highest BCUT2D eigenvalue weighted by molar-refractivity contribution is 9.10. The van der Waals surface area contributed by atoms with E-state index in [0.717, 1.165) is 38.0 Å². The molecule has 0 aliphatic carbocycles. The lowest BCUT2D eigenvalue weighted by molar-refractivity contribution is -0.384. The van der Waals surface area contributed by atoms with E-state index in [2.05, 4.69) is 27.8 Å². The predicted molar refractivity (Wildman–Crippen MR) is 174 cm³/mol. The topological polar surface area (TPSA) is 116 Å². The molecule has 3 heterocycles. The standard InChI is InChI=1S/C32H35BrN4O6S/c1-5-7-24-28(31(39)43-6-2)29(20-8-11-26(42-4)23(33)17-20)36-30(38)27(44-32(36)34-24)18-21-16-22(37(40)41)9-10-25(21)35-14-12-19(3)13-15-35/h8-11,16-19,29H,5-7,12-15H2,1-4H3/b27-18+/t29-/m1/s1. The molecule has 0 bridgehead atoms. The maximum absolute atomic E-state index is 14.3. The largest absolute Gasteiger partial charge is 0.496 e. The number of carbonyl (C=O) groups excluding carboxylic acids is 1. The summed E-state index contributed by atoms with van der Waals surface area (Å²) >= 11 is 4.76. The Bertz CT molecular complexity index is 1810. The maximum Gasteiger partial charge on any atom is 0.338 e. The summed E-state index contributed by atoms with van der Waals surface area (Å²) in [5.74, 6) is 0.702. The number of benzene rings is 2. The van der Waals surface area contributed by atoms with Gasteiger partial charge in [0.25, 0.3) is 11.2 Å². The van der Waals surface area contributed by atoms with Crippen molar-refractivity contribution < 1.29 is 19.2 Å². The Labute approximate surface area is 267 Å². The lowest BCUT2D eigenvalue weighted by Gasteiger charge is -2.33. The molecule has 0 unspecified atom stereocenters. The normalized spacial score (nSPS) is 17.3. The second-order valence-electron chi connectivity index (χ2n) is 11.0. The van der Waals surface area contributed by atoms with Gasteiger partial charge in [0.1, 0.15) is 5.75 Å². The molecule has 0 spiro atoms. The van der Waals surface area contributed by atoms with Crippen molar-refractivity contribution in [2.75, 3.05) is 31.7 Å². The fourth-order valence-corrected chi connectivity index (χ4v) is 7.31. The van der Waals surface area contributed by atoms with Gasteiger partial charge in [0.15, 0.2) is 4.80 Å². The molecule has 44 heavy (non-hydrogen) atoms. The Kier molecular flexibility index (Phi) is 9.69. The zero-order chi connectivity index (χ0) is 31.5. The molecule has 0 amide bonds. The van der Waals surface area contributed by atoms with Crippen molar-refractivity contribution in [2.45, 2.75) is 52.5 Å². The summed E-state index contributed by atoms with van der Waals surface area (Å²) in [6.07, 6.45) is 5.02. The second-order valence-corrected chi connectivity index (χ2v) is 12.8. The minimum atomic E-state index is -0.788. The number of thiazole rings is 1. The average Bonchev–Trinajstić information content (AvgIpc) is 3.31. The van der Waals surface area contributed by atoms with E-state index in [4.69, 9.17) is 14.5 Å². The molecular weight excluding hydrogens is 648 g/mol. The Morgan fingerprint density at radius 1 is 1.20 bits per heavy atom. The molecule has 232 valence electrons. The molecule has 2 aliphatic heterocycles. The summed E-state index contributed by atoms with van der Waals surface area (Å²) in [6, 6.07) is 9.47. The number of piperidine rings is 1. The van der Waals surface area contributed by atoms with Crippen LogP contribution in [0.5, 0.6) is 5.75 Å². The van der Waals surface area contributed by atoms with Gasteiger partial charge in [0.05, 0.1) is 45.0 Å². The van der Waals surface area contributed by atoms with Crippen LogP contribution in [0.25, 0.3) is 6.08 Å². The highest BCUT2D eigenvalue weighted by atomic mass is 79.9. The van der Waals surface area contributed by atoms with E-state index in [1.165, 1.54) is 28.0 Å². The van der Waals surface area contributed by atoms with E-state index in [0.29, 0.717) is 54.3 Å². The molecule has 0 radical (unpaired) electrons. The molecular formula is C32H35BrN4O6S. The number of halogens is 1. The molecule has 5 rings (SSSR count). The molecule has 3 aromatic rings. The summed E-state index contributed by atoms with van der Waals surface area (Å²) in [6.45, 7) is 7.81. The molecule has 0 N–H and O–H groups in total. The van der Waals surface area contributed by atoms with Crippen LogP contribution in [0.1, 0.15) is 63.6 Å². The summed E-state index contributed by atoms with van der Waals surface area (Å²) in [7, 11) is 1.57. The maximum atomic E-state index is 14.3.